The SMILES string of the molecule is CCc1cc(NCC(O)Cc2ccccc2)n2ncnc2n1. The van der Waals surface area contributed by atoms with Gasteiger partial charge in [-0.15, -0.1) is 0 Å². The molecule has 0 fully saturated rings. The van der Waals surface area contributed by atoms with E-state index in [1.807, 2.05) is 43.3 Å². The fraction of sp³-hybridized carbons (Fsp3) is 0.312. The summed E-state index contributed by atoms with van der Waals surface area (Å²) in [4.78, 5) is 8.52. The molecule has 3 aromatic rings. The highest BCUT2D eigenvalue weighted by atomic mass is 16.3. The van der Waals surface area contributed by atoms with Gasteiger partial charge in [0.1, 0.15) is 12.1 Å². The van der Waals surface area contributed by atoms with E-state index in [-0.39, 0.29) is 0 Å². The van der Waals surface area contributed by atoms with Crippen molar-refractivity contribution in [2.24, 2.45) is 0 Å². The standard InChI is InChI=1S/C16H19N5O/c1-2-13-9-15(21-16(20-13)18-11-19-21)17-10-14(22)8-12-6-4-3-5-7-12/h3-7,9,11,14,17,22H,2,8,10H2,1H3. The highest BCUT2D eigenvalue weighted by Crippen LogP contribution is 2.12. The van der Waals surface area contributed by atoms with Gasteiger partial charge < -0.3 is 10.4 Å². The molecule has 3 rings (SSSR count). The minimum Gasteiger partial charge on any atom is -0.391 e. The molecule has 0 spiro atoms. The van der Waals surface area contributed by atoms with Gasteiger partial charge in [0.2, 0.25) is 0 Å². The Bertz CT molecular complexity index is 741. The lowest BCUT2D eigenvalue weighted by Gasteiger charge is -2.14. The Kier molecular flexibility index (Phi) is 4.29. The lowest BCUT2D eigenvalue weighted by Crippen LogP contribution is -2.23. The molecule has 0 aliphatic carbocycles. The van der Waals surface area contributed by atoms with Crippen molar-refractivity contribution in [3.8, 4) is 0 Å². The number of benzene rings is 1. The molecule has 1 unspecified atom stereocenters. The minimum absolute atomic E-state index is 0.441. The second kappa shape index (κ2) is 6.53. The van der Waals surface area contributed by atoms with Crippen molar-refractivity contribution in [1.29, 1.82) is 0 Å². The predicted octanol–water partition coefficient (Wildman–Crippen LogP) is 1.70. The molecule has 2 aromatic heterocycles. The van der Waals surface area contributed by atoms with Crippen LogP contribution in [0.3, 0.4) is 0 Å². The van der Waals surface area contributed by atoms with Crippen LogP contribution in [0.25, 0.3) is 5.78 Å². The number of aryl methyl sites for hydroxylation is 1. The van der Waals surface area contributed by atoms with Crippen molar-refractivity contribution in [1.82, 2.24) is 19.6 Å². The molecule has 0 bridgehead atoms. The summed E-state index contributed by atoms with van der Waals surface area (Å²) >= 11 is 0. The Morgan fingerprint density at radius 2 is 2.09 bits per heavy atom. The summed E-state index contributed by atoms with van der Waals surface area (Å²) in [6, 6.07) is 11.9. The van der Waals surface area contributed by atoms with Gasteiger partial charge in [-0.1, -0.05) is 37.3 Å². The summed E-state index contributed by atoms with van der Waals surface area (Å²) in [7, 11) is 0. The maximum atomic E-state index is 10.2. The van der Waals surface area contributed by atoms with Crippen LogP contribution in [0, 0.1) is 0 Å². The van der Waals surface area contributed by atoms with Crippen LogP contribution in [0.15, 0.2) is 42.7 Å². The molecule has 0 saturated carbocycles. The summed E-state index contributed by atoms with van der Waals surface area (Å²) < 4.78 is 1.65. The molecular formula is C16H19N5O. The molecule has 1 atom stereocenters. The van der Waals surface area contributed by atoms with Gasteiger partial charge >= 0.3 is 0 Å². The molecule has 1 aromatic carbocycles. The smallest absolute Gasteiger partial charge is 0.254 e. The highest BCUT2D eigenvalue weighted by Gasteiger charge is 2.09. The Morgan fingerprint density at radius 3 is 2.86 bits per heavy atom. The number of nitrogens with one attached hydrogen (secondary N) is 1. The van der Waals surface area contributed by atoms with Crippen LogP contribution in [0.4, 0.5) is 5.82 Å². The number of rotatable bonds is 6. The van der Waals surface area contributed by atoms with E-state index in [1.54, 1.807) is 4.52 Å². The summed E-state index contributed by atoms with van der Waals surface area (Å²) in [6.07, 6.45) is 2.44. The number of hydrogen-bond donors (Lipinski definition) is 2. The molecule has 2 N–H and O–H groups in total. The molecule has 6 heteroatoms. The molecule has 2 heterocycles. The molecule has 0 aliphatic heterocycles. The van der Waals surface area contributed by atoms with Crippen molar-refractivity contribution < 1.29 is 5.11 Å². The third-order valence-corrected chi connectivity index (χ3v) is 3.50. The van der Waals surface area contributed by atoms with Gasteiger partial charge in [0.05, 0.1) is 6.10 Å². The van der Waals surface area contributed by atoms with Crippen molar-refractivity contribution >= 4 is 11.6 Å². The van der Waals surface area contributed by atoms with Crippen molar-refractivity contribution in [3.63, 3.8) is 0 Å². The van der Waals surface area contributed by atoms with E-state index in [0.717, 1.165) is 23.5 Å². The zero-order valence-corrected chi connectivity index (χ0v) is 12.5. The number of anilines is 1. The van der Waals surface area contributed by atoms with Crippen LogP contribution in [-0.4, -0.2) is 37.3 Å². The van der Waals surface area contributed by atoms with Gasteiger partial charge in [0.15, 0.2) is 0 Å². The zero-order chi connectivity index (χ0) is 15.4. The van der Waals surface area contributed by atoms with E-state index in [0.29, 0.717) is 18.7 Å². The maximum absolute atomic E-state index is 10.2. The van der Waals surface area contributed by atoms with Gasteiger partial charge in [-0.2, -0.15) is 14.6 Å². The monoisotopic (exact) mass is 297 g/mol. The lowest BCUT2D eigenvalue weighted by molar-refractivity contribution is 0.188. The van der Waals surface area contributed by atoms with Gasteiger partial charge in [0, 0.05) is 24.7 Å². The number of aromatic nitrogens is 4. The van der Waals surface area contributed by atoms with E-state index >= 15 is 0 Å². The first-order chi connectivity index (χ1) is 10.8. The predicted molar refractivity (Wildman–Crippen MR) is 84.8 cm³/mol. The van der Waals surface area contributed by atoms with Crippen LogP contribution in [0.5, 0.6) is 0 Å². The topological polar surface area (TPSA) is 75.3 Å². The first kappa shape index (κ1) is 14.5. The zero-order valence-electron chi connectivity index (χ0n) is 12.5. The maximum Gasteiger partial charge on any atom is 0.254 e. The Labute approximate surface area is 128 Å². The van der Waals surface area contributed by atoms with E-state index in [4.69, 9.17) is 0 Å². The summed E-state index contributed by atoms with van der Waals surface area (Å²) in [5.74, 6) is 1.37. The molecule has 22 heavy (non-hydrogen) atoms. The third-order valence-electron chi connectivity index (χ3n) is 3.50. The Balaban J connectivity index is 1.69. The van der Waals surface area contributed by atoms with Crippen molar-refractivity contribution in [2.75, 3.05) is 11.9 Å². The van der Waals surface area contributed by atoms with E-state index in [2.05, 4.69) is 20.4 Å². The van der Waals surface area contributed by atoms with Gasteiger partial charge in [-0.05, 0) is 12.0 Å². The van der Waals surface area contributed by atoms with Gasteiger partial charge in [-0.25, -0.2) is 4.98 Å². The van der Waals surface area contributed by atoms with Crippen LogP contribution in [0.2, 0.25) is 0 Å². The first-order valence-corrected chi connectivity index (χ1v) is 7.41. The molecule has 114 valence electrons. The van der Waals surface area contributed by atoms with E-state index in [9.17, 15) is 5.11 Å². The van der Waals surface area contributed by atoms with Gasteiger partial charge in [0.25, 0.3) is 5.78 Å². The number of aliphatic hydroxyl groups is 1. The average molecular weight is 297 g/mol. The number of hydrogen-bond acceptors (Lipinski definition) is 5. The van der Waals surface area contributed by atoms with Crippen LogP contribution in [0.1, 0.15) is 18.2 Å². The Morgan fingerprint density at radius 1 is 1.27 bits per heavy atom. The summed E-state index contributed by atoms with van der Waals surface area (Å²) in [6.45, 7) is 2.49. The lowest BCUT2D eigenvalue weighted by atomic mass is 10.1. The minimum atomic E-state index is -0.473. The normalized spacial score (nSPS) is 12.5. The second-order valence-corrected chi connectivity index (χ2v) is 5.18. The quantitative estimate of drug-likeness (QED) is 0.724. The van der Waals surface area contributed by atoms with Crippen molar-refractivity contribution in [2.45, 2.75) is 25.9 Å². The summed E-state index contributed by atoms with van der Waals surface area (Å²) in [5.41, 5.74) is 2.06. The Hall–Kier alpha value is -2.47. The third kappa shape index (κ3) is 3.23. The second-order valence-electron chi connectivity index (χ2n) is 5.18. The van der Waals surface area contributed by atoms with E-state index < -0.39 is 6.10 Å². The number of aliphatic hydroxyl groups excluding tert-OH is 1. The molecule has 0 aliphatic rings. The molecule has 0 amide bonds. The first-order valence-electron chi connectivity index (χ1n) is 7.41. The number of nitrogens with zero attached hydrogens (tertiary/aromatic N) is 4. The summed E-state index contributed by atoms with van der Waals surface area (Å²) in [5, 5.41) is 17.6. The largest absolute Gasteiger partial charge is 0.391 e. The fourth-order valence-corrected chi connectivity index (χ4v) is 2.35. The highest BCUT2D eigenvalue weighted by molar-refractivity contribution is 5.45. The van der Waals surface area contributed by atoms with Crippen LogP contribution < -0.4 is 5.32 Å². The molecule has 6 nitrogen and oxygen atoms in total. The van der Waals surface area contributed by atoms with Crippen LogP contribution in [-0.2, 0) is 12.8 Å². The molecular weight excluding hydrogens is 278 g/mol. The van der Waals surface area contributed by atoms with Gasteiger partial charge in [-0.3, -0.25) is 0 Å². The average Bonchev–Trinajstić information content (AvgIpc) is 3.02. The van der Waals surface area contributed by atoms with Crippen molar-refractivity contribution in [3.05, 3.63) is 54.0 Å². The number of fused-ring (bicyclic) bond motifs is 1. The molecule has 0 radical (unpaired) electrons. The van der Waals surface area contributed by atoms with Crippen LogP contribution >= 0.6 is 0 Å². The molecule has 0 saturated heterocycles. The fourth-order valence-electron chi connectivity index (χ4n) is 2.35. The van der Waals surface area contributed by atoms with E-state index in [1.165, 1.54) is 6.33 Å².